The maximum absolute atomic E-state index is 5.34. The van der Waals surface area contributed by atoms with Gasteiger partial charge < -0.3 is 4.42 Å². The van der Waals surface area contributed by atoms with Gasteiger partial charge in [-0.05, 0) is 32.0 Å². The van der Waals surface area contributed by atoms with Crippen molar-refractivity contribution < 1.29 is 4.42 Å². The van der Waals surface area contributed by atoms with Gasteiger partial charge in [-0.15, -0.1) is 0 Å². The van der Waals surface area contributed by atoms with Crippen LogP contribution in [0, 0.1) is 13.8 Å². The zero-order valence-corrected chi connectivity index (χ0v) is 10.6. The maximum atomic E-state index is 5.34. The molecule has 2 aromatic heterocycles. The Hall–Kier alpha value is -1.31. The summed E-state index contributed by atoms with van der Waals surface area (Å²) in [7, 11) is 0. The van der Waals surface area contributed by atoms with Gasteiger partial charge in [-0.3, -0.25) is 0 Å². The molecule has 0 aliphatic rings. The first-order valence-electron chi connectivity index (χ1n) is 5.59. The highest BCUT2D eigenvalue weighted by molar-refractivity contribution is 5.73. The molecule has 2 heterocycles. The number of aryl methyl sites for hydroxylation is 2. The molecule has 0 aliphatic carbocycles. The molecule has 0 radical (unpaired) electrons. The molecule has 2 heteroatoms. The largest absolute Gasteiger partial charge is 0.443 e. The maximum Gasteiger partial charge on any atom is 0.226 e. The molecule has 0 unspecified atom stereocenters. The highest BCUT2D eigenvalue weighted by atomic mass is 16.3. The molecule has 2 rings (SSSR count). The lowest BCUT2D eigenvalue weighted by atomic mass is 10.3. The second kappa shape index (κ2) is 7.04. The molecule has 15 heavy (non-hydrogen) atoms. The van der Waals surface area contributed by atoms with Crippen LogP contribution in [-0.2, 0) is 0 Å². The topological polar surface area (TPSA) is 26.0 Å². The van der Waals surface area contributed by atoms with Crippen molar-refractivity contribution in [1.82, 2.24) is 4.98 Å². The fourth-order valence-electron chi connectivity index (χ4n) is 1.14. The molecule has 2 aromatic rings. The number of aromatic nitrogens is 1. The highest BCUT2D eigenvalue weighted by Crippen LogP contribution is 2.16. The van der Waals surface area contributed by atoms with Crippen LogP contribution in [0.3, 0.4) is 0 Å². The van der Waals surface area contributed by atoms with Crippen LogP contribution in [0.15, 0.2) is 22.6 Å². The highest BCUT2D eigenvalue weighted by Gasteiger charge is 1.99. The van der Waals surface area contributed by atoms with Crippen LogP contribution in [0.5, 0.6) is 0 Å². The van der Waals surface area contributed by atoms with Crippen LogP contribution in [0.1, 0.15) is 39.1 Å². The third-order valence-electron chi connectivity index (χ3n) is 1.65. The molecule has 2 nitrogen and oxygen atoms in total. The Kier molecular flexibility index (Phi) is 6.43. The lowest BCUT2D eigenvalue weighted by Gasteiger charge is -1.88. The number of rotatable bonds is 0. The molecule has 84 valence electrons. The van der Waals surface area contributed by atoms with Crippen molar-refractivity contribution in [3.05, 3.63) is 29.7 Å². The quantitative estimate of drug-likeness (QED) is 0.635. The lowest BCUT2D eigenvalue weighted by Crippen LogP contribution is -1.77. The SMILES string of the molecule is CC.CC.Cc1ccc2cc(C)oc2n1. The van der Waals surface area contributed by atoms with Crippen LogP contribution in [-0.4, -0.2) is 4.98 Å². The first kappa shape index (κ1) is 13.7. The minimum Gasteiger partial charge on any atom is -0.443 e. The van der Waals surface area contributed by atoms with Crippen molar-refractivity contribution in [2.75, 3.05) is 0 Å². The molecule has 0 aliphatic heterocycles. The smallest absolute Gasteiger partial charge is 0.226 e. The Balaban J connectivity index is 0.000000442. The molecule has 0 N–H and O–H groups in total. The van der Waals surface area contributed by atoms with Crippen molar-refractivity contribution in [3.8, 4) is 0 Å². The van der Waals surface area contributed by atoms with E-state index in [1.807, 2.05) is 59.7 Å². The summed E-state index contributed by atoms with van der Waals surface area (Å²) in [4.78, 5) is 4.23. The summed E-state index contributed by atoms with van der Waals surface area (Å²) in [5, 5.41) is 1.08. The molecule has 0 saturated carbocycles. The predicted octanol–water partition coefficient (Wildman–Crippen LogP) is 4.50. The third-order valence-corrected chi connectivity index (χ3v) is 1.65. The van der Waals surface area contributed by atoms with Crippen molar-refractivity contribution in [1.29, 1.82) is 0 Å². The molecule has 0 fully saturated rings. The van der Waals surface area contributed by atoms with Gasteiger partial charge in [-0.25, -0.2) is 4.98 Å². The van der Waals surface area contributed by atoms with Crippen LogP contribution in [0.2, 0.25) is 0 Å². The second-order valence-corrected chi connectivity index (χ2v) is 2.70. The fraction of sp³-hybridized carbons (Fsp3) is 0.462. The van der Waals surface area contributed by atoms with Gasteiger partial charge in [-0.1, -0.05) is 27.7 Å². The fourth-order valence-corrected chi connectivity index (χ4v) is 1.14. The van der Waals surface area contributed by atoms with E-state index in [0.717, 1.165) is 22.6 Å². The molecule has 0 saturated heterocycles. The van der Waals surface area contributed by atoms with Crippen molar-refractivity contribution in [2.45, 2.75) is 41.5 Å². The minimum atomic E-state index is 0.738. The van der Waals surface area contributed by atoms with Gasteiger partial charge in [0.25, 0.3) is 0 Å². The number of furan rings is 1. The number of nitrogens with zero attached hydrogens (tertiary/aromatic N) is 1. The third kappa shape index (κ3) is 3.74. The average Bonchev–Trinajstić information content (AvgIpc) is 2.63. The van der Waals surface area contributed by atoms with Crippen molar-refractivity contribution in [2.24, 2.45) is 0 Å². The van der Waals surface area contributed by atoms with Crippen LogP contribution in [0.4, 0.5) is 0 Å². The molecular weight excluding hydrogens is 186 g/mol. The first-order valence-corrected chi connectivity index (χ1v) is 5.59. The molecule has 0 bridgehead atoms. The number of hydrogen-bond acceptors (Lipinski definition) is 2. The summed E-state index contributed by atoms with van der Waals surface area (Å²) in [6, 6.07) is 5.99. The van der Waals surface area contributed by atoms with Gasteiger partial charge in [0, 0.05) is 11.1 Å². The number of pyridine rings is 1. The summed E-state index contributed by atoms with van der Waals surface area (Å²) in [6.45, 7) is 11.9. The minimum absolute atomic E-state index is 0.738. The number of hydrogen-bond donors (Lipinski definition) is 0. The van der Waals surface area contributed by atoms with E-state index in [1.54, 1.807) is 0 Å². The van der Waals surface area contributed by atoms with Gasteiger partial charge in [-0.2, -0.15) is 0 Å². The first-order chi connectivity index (χ1) is 7.25. The summed E-state index contributed by atoms with van der Waals surface area (Å²) in [5.74, 6) is 0.915. The van der Waals surface area contributed by atoms with Gasteiger partial charge in [0.05, 0.1) is 0 Å². The van der Waals surface area contributed by atoms with E-state index in [4.69, 9.17) is 4.42 Å². The van der Waals surface area contributed by atoms with Crippen molar-refractivity contribution >= 4 is 11.1 Å². The summed E-state index contributed by atoms with van der Waals surface area (Å²) in [5.41, 5.74) is 1.73. The van der Waals surface area contributed by atoms with Gasteiger partial charge in [0.15, 0.2) is 0 Å². The zero-order chi connectivity index (χ0) is 11.8. The predicted molar refractivity (Wildman–Crippen MR) is 66.2 cm³/mol. The molecule has 0 amide bonds. The average molecular weight is 207 g/mol. The van der Waals surface area contributed by atoms with Gasteiger partial charge in [0.1, 0.15) is 5.76 Å². The molecular formula is C13H21NO. The van der Waals surface area contributed by atoms with E-state index < -0.39 is 0 Å². The Morgan fingerprint density at radius 1 is 1.00 bits per heavy atom. The van der Waals surface area contributed by atoms with Gasteiger partial charge >= 0.3 is 0 Å². The van der Waals surface area contributed by atoms with E-state index in [-0.39, 0.29) is 0 Å². The Morgan fingerprint density at radius 2 is 1.60 bits per heavy atom. The number of fused-ring (bicyclic) bond motifs is 1. The van der Waals surface area contributed by atoms with Crippen LogP contribution >= 0.6 is 0 Å². The molecule has 0 aromatic carbocycles. The zero-order valence-electron chi connectivity index (χ0n) is 10.6. The van der Waals surface area contributed by atoms with E-state index in [2.05, 4.69) is 4.98 Å². The monoisotopic (exact) mass is 207 g/mol. The van der Waals surface area contributed by atoms with E-state index in [0.29, 0.717) is 0 Å². The second-order valence-electron chi connectivity index (χ2n) is 2.70. The van der Waals surface area contributed by atoms with Crippen LogP contribution in [0.25, 0.3) is 11.1 Å². The van der Waals surface area contributed by atoms with Crippen molar-refractivity contribution in [3.63, 3.8) is 0 Å². The van der Waals surface area contributed by atoms with Gasteiger partial charge in [0.2, 0.25) is 5.71 Å². The van der Waals surface area contributed by atoms with E-state index in [9.17, 15) is 0 Å². The van der Waals surface area contributed by atoms with E-state index >= 15 is 0 Å². The summed E-state index contributed by atoms with van der Waals surface area (Å²) < 4.78 is 5.34. The summed E-state index contributed by atoms with van der Waals surface area (Å²) in [6.07, 6.45) is 0. The van der Waals surface area contributed by atoms with Crippen LogP contribution < -0.4 is 0 Å². The normalized spacial score (nSPS) is 8.67. The summed E-state index contributed by atoms with van der Waals surface area (Å²) >= 11 is 0. The standard InChI is InChI=1S/C9H9NO.2C2H6/c1-6-3-4-8-5-7(2)11-9(8)10-6;2*1-2/h3-5H,1-2H3;2*1-2H3. The lowest BCUT2D eigenvalue weighted by molar-refractivity contribution is 0.567. The Labute approximate surface area is 92.3 Å². The molecule has 0 spiro atoms. The molecule has 0 atom stereocenters. The Morgan fingerprint density at radius 3 is 2.20 bits per heavy atom. The van der Waals surface area contributed by atoms with E-state index in [1.165, 1.54) is 0 Å². The Bertz CT molecular complexity index is 390.